The van der Waals surface area contributed by atoms with Gasteiger partial charge in [-0.25, -0.2) is 9.67 Å². The molecule has 0 aliphatic carbocycles. The smallest absolute Gasteiger partial charge is 0.138 e. The molecular weight excluding hydrogens is 297 g/mol. The quantitative estimate of drug-likeness (QED) is 0.918. The lowest BCUT2D eigenvalue weighted by atomic mass is 10.1. The Morgan fingerprint density at radius 2 is 2.20 bits per heavy atom. The summed E-state index contributed by atoms with van der Waals surface area (Å²) in [6.07, 6.45) is 3.18. The van der Waals surface area contributed by atoms with E-state index in [1.807, 2.05) is 18.2 Å². The van der Waals surface area contributed by atoms with Crippen LogP contribution in [0.2, 0.25) is 5.02 Å². The minimum atomic E-state index is 0. The van der Waals surface area contributed by atoms with Crippen molar-refractivity contribution in [3.05, 3.63) is 41.4 Å². The molecule has 0 saturated heterocycles. The third kappa shape index (κ3) is 3.93. The van der Waals surface area contributed by atoms with E-state index < -0.39 is 0 Å². The van der Waals surface area contributed by atoms with Crippen LogP contribution in [0.1, 0.15) is 12.5 Å². The Labute approximate surface area is 130 Å². The van der Waals surface area contributed by atoms with E-state index in [4.69, 9.17) is 17.3 Å². The van der Waals surface area contributed by atoms with Gasteiger partial charge in [-0.15, -0.1) is 12.4 Å². The summed E-state index contributed by atoms with van der Waals surface area (Å²) in [6.45, 7) is 3.51. The van der Waals surface area contributed by atoms with Crippen molar-refractivity contribution in [2.75, 3.05) is 13.6 Å². The van der Waals surface area contributed by atoms with E-state index in [2.05, 4.69) is 29.0 Å². The van der Waals surface area contributed by atoms with Crippen molar-refractivity contribution in [2.45, 2.75) is 19.5 Å². The van der Waals surface area contributed by atoms with E-state index in [0.29, 0.717) is 17.6 Å². The van der Waals surface area contributed by atoms with Gasteiger partial charge in [0.15, 0.2) is 0 Å². The third-order valence-electron chi connectivity index (χ3n) is 3.23. The molecule has 1 aromatic heterocycles. The van der Waals surface area contributed by atoms with Crippen molar-refractivity contribution in [3.63, 3.8) is 0 Å². The molecule has 1 atom stereocenters. The predicted molar refractivity (Wildman–Crippen MR) is 83.6 cm³/mol. The lowest BCUT2D eigenvalue weighted by Gasteiger charge is -2.24. The van der Waals surface area contributed by atoms with Gasteiger partial charge in [-0.2, -0.15) is 5.10 Å². The van der Waals surface area contributed by atoms with Gasteiger partial charge in [0.05, 0.1) is 5.69 Å². The lowest BCUT2D eigenvalue weighted by Crippen LogP contribution is -2.35. The zero-order valence-corrected chi connectivity index (χ0v) is 13.1. The van der Waals surface area contributed by atoms with Gasteiger partial charge in [-0.05, 0) is 31.7 Å². The molecule has 20 heavy (non-hydrogen) atoms. The van der Waals surface area contributed by atoms with Crippen LogP contribution in [0.15, 0.2) is 30.9 Å². The highest BCUT2D eigenvalue weighted by molar-refractivity contribution is 6.30. The molecule has 0 spiro atoms. The fourth-order valence-electron chi connectivity index (χ4n) is 1.82. The second-order valence-electron chi connectivity index (χ2n) is 4.61. The maximum absolute atomic E-state index is 6.06. The van der Waals surface area contributed by atoms with Crippen LogP contribution >= 0.6 is 24.0 Å². The molecule has 0 bridgehead atoms. The molecule has 2 aromatic rings. The topological polar surface area (TPSA) is 60.0 Å². The zero-order valence-electron chi connectivity index (χ0n) is 11.5. The minimum Gasteiger partial charge on any atom is -0.329 e. The molecule has 0 fully saturated rings. The Balaban J connectivity index is 0.00000200. The van der Waals surface area contributed by atoms with E-state index in [1.165, 1.54) is 6.33 Å². The van der Waals surface area contributed by atoms with E-state index >= 15 is 0 Å². The van der Waals surface area contributed by atoms with Gasteiger partial charge in [-0.3, -0.25) is 4.90 Å². The van der Waals surface area contributed by atoms with E-state index in [0.717, 1.165) is 17.8 Å². The lowest BCUT2D eigenvalue weighted by molar-refractivity contribution is 0.254. The number of hydrogen-bond acceptors (Lipinski definition) is 4. The number of likely N-dealkylation sites (N-methyl/N-ethyl adjacent to an activating group) is 1. The zero-order chi connectivity index (χ0) is 13.8. The molecule has 1 heterocycles. The highest BCUT2D eigenvalue weighted by Crippen LogP contribution is 2.21. The first-order valence-electron chi connectivity index (χ1n) is 6.15. The molecule has 5 nitrogen and oxygen atoms in total. The Morgan fingerprint density at radius 3 is 2.80 bits per heavy atom. The molecule has 0 saturated carbocycles. The molecule has 7 heteroatoms. The fraction of sp³-hybridized carbons (Fsp3) is 0.385. The number of hydrogen-bond donors (Lipinski definition) is 1. The Kier molecular flexibility index (Phi) is 6.42. The van der Waals surface area contributed by atoms with Crippen molar-refractivity contribution in [1.29, 1.82) is 0 Å². The summed E-state index contributed by atoms with van der Waals surface area (Å²) in [5.41, 5.74) is 7.78. The van der Waals surface area contributed by atoms with Crippen LogP contribution in [0.5, 0.6) is 0 Å². The summed E-state index contributed by atoms with van der Waals surface area (Å²) in [7, 11) is 2.05. The molecule has 0 amide bonds. The SMILES string of the molecule is CC(CN)N(C)Cc1ccc(Cl)cc1-n1cncn1.Cl. The maximum Gasteiger partial charge on any atom is 0.138 e. The van der Waals surface area contributed by atoms with Gasteiger partial charge in [-0.1, -0.05) is 17.7 Å². The summed E-state index contributed by atoms with van der Waals surface area (Å²) < 4.78 is 1.72. The highest BCUT2D eigenvalue weighted by atomic mass is 35.5. The third-order valence-corrected chi connectivity index (χ3v) is 3.46. The van der Waals surface area contributed by atoms with Crippen LogP contribution in [0.25, 0.3) is 5.69 Å². The van der Waals surface area contributed by atoms with Crippen molar-refractivity contribution in [2.24, 2.45) is 5.73 Å². The Morgan fingerprint density at radius 1 is 1.45 bits per heavy atom. The number of nitrogens with zero attached hydrogens (tertiary/aromatic N) is 4. The molecule has 0 aliphatic rings. The summed E-state index contributed by atoms with van der Waals surface area (Å²) >= 11 is 6.06. The minimum absolute atomic E-state index is 0. The number of nitrogens with two attached hydrogens (primary N) is 1. The van der Waals surface area contributed by atoms with Crippen molar-refractivity contribution >= 4 is 24.0 Å². The predicted octanol–water partition coefficient (Wildman–Crippen LogP) is 2.12. The number of aromatic nitrogens is 3. The first kappa shape index (κ1) is 16.9. The Bertz CT molecular complexity index is 530. The molecule has 2 N–H and O–H groups in total. The fourth-order valence-corrected chi connectivity index (χ4v) is 1.99. The average Bonchev–Trinajstić information content (AvgIpc) is 2.93. The second-order valence-corrected chi connectivity index (χ2v) is 5.05. The van der Waals surface area contributed by atoms with Crippen LogP contribution < -0.4 is 5.73 Å². The highest BCUT2D eigenvalue weighted by Gasteiger charge is 2.12. The normalized spacial score (nSPS) is 12.2. The summed E-state index contributed by atoms with van der Waals surface area (Å²) in [6, 6.07) is 6.11. The van der Waals surface area contributed by atoms with E-state index in [9.17, 15) is 0 Å². The summed E-state index contributed by atoms with van der Waals surface area (Å²) in [5, 5.41) is 4.85. The molecule has 1 unspecified atom stereocenters. The molecule has 0 radical (unpaired) electrons. The monoisotopic (exact) mass is 315 g/mol. The molecular formula is C13H19Cl2N5. The maximum atomic E-state index is 6.06. The number of halogens is 2. The van der Waals surface area contributed by atoms with Gasteiger partial charge < -0.3 is 5.73 Å². The molecule has 1 aromatic carbocycles. The van der Waals surface area contributed by atoms with Gasteiger partial charge in [0.25, 0.3) is 0 Å². The summed E-state index contributed by atoms with van der Waals surface area (Å²) in [4.78, 5) is 6.17. The van der Waals surface area contributed by atoms with Crippen molar-refractivity contribution in [3.8, 4) is 5.69 Å². The molecule has 2 rings (SSSR count). The standard InChI is InChI=1S/C13H18ClN5.ClH/c1-10(6-15)18(2)7-11-3-4-12(14)5-13(11)19-9-16-8-17-19;/h3-5,8-10H,6-7,15H2,1-2H3;1H. The Hall–Kier alpha value is -1.14. The van der Waals surface area contributed by atoms with Crippen LogP contribution in [0.4, 0.5) is 0 Å². The van der Waals surface area contributed by atoms with E-state index in [-0.39, 0.29) is 12.4 Å². The van der Waals surface area contributed by atoms with Crippen LogP contribution in [-0.4, -0.2) is 39.3 Å². The van der Waals surface area contributed by atoms with Crippen molar-refractivity contribution < 1.29 is 0 Å². The van der Waals surface area contributed by atoms with Gasteiger partial charge in [0, 0.05) is 24.2 Å². The summed E-state index contributed by atoms with van der Waals surface area (Å²) in [5.74, 6) is 0. The van der Waals surface area contributed by atoms with Crippen LogP contribution in [0.3, 0.4) is 0 Å². The second kappa shape index (κ2) is 7.59. The first-order valence-corrected chi connectivity index (χ1v) is 6.53. The van der Waals surface area contributed by atoms with Gasteiger partial charge in [0.1, 0.15) is 12.7 Å². The number of benzene rings is 1. The largest absolute Gasteiger partial charge is 0.329 e. The first-order chi connectivity index (χ1) is 9.11. The van der Waals surface area contributed by atoms with Crippen molar-refractivity contribution in [1.82, 2.24) is 19.7 Å². The molecule has 110 valence electrons. The van der Waals surface area contributed by atoms with Gasteiger partial charge in [0.2, 0.25) is 0 Å². The van der Waals surface area contributed by atoms with Crippen LogP contribution in [0, 0.1) is 0 Å². The average molecular weight is 316 g/mol. The molecule has 0 aliphatic heterocycles. The van der Waals surface area contributed by atoms with E-state index in [1.54, 1.807) is 11.0 Å². The van der Waals surface area contributed by atoms with Gasteiger partial charge >= 0.3 is 0 Å². The van der Waals surface area contributed by atoms with Crippen LogP contribution in [-0.2, 0) is 6.54 Å². The number of rotatable bonds is 5.